The maximum absolute atomic E-state index is 5.20. The third-order valence-electron chi connectivity index (χ3n) is 3.08. The number of hydrogen-bond donors (Lipinski definition) is 0. The summed E-state index contributed by atoms with van der Waals surface area (Å²) in [6, 6.07) is 6.12. The molecule has 0 aliphatic rings. The first-order chi connectivity index (χ1) is 7.42. The fourth-order valence-corrected chi connectivity index (χ4v) is 3.06. The van der Waals surface area contributed by atoms with Crippen LogP contribution in [0.15, 0.2) is 22.7 Å². The van der Waals surface area contributed by atoms with Crippen LogP contribution in [0, 0.1) is 5.41 Å². The number of methoxy groups -OCH3 is 1. The zero-order chi connectivity index (χ0) is 12.3. The van der Waals surface area contributed by atoms with Crippen LogP contribution >= 0.6 is 31.9 Å². The van der Waals surface area contributed by atoms with Gasteiger partial charge in [-0.3, -0.25) is 0 Å². The molecule has 0 heterocycles. The van der Waals surface area contributed by atoms with Gasteiger partial charge in [0.25, 0.3) is 0 Å². The molecule has 1 aromatic carbocycles. The first-order valence-electron chi connectivity index (χ1n) is 5.40. The van der Waals surface area contributed by atoms with Crippen molar-refractivity contribution < 1.29 is 4.74 Å². The van der Waals surface area contributed by atoms with Crippen molar-refractivity contribution in [3.63, 3.8) is 0 Å². The fraction of sp³-hybridized carbons (Fsp3) is 0.538. The van der Waals surface area contributed by atoms with Crippen molar-refractivity contribution in [3.8, 4) is 5.75 Å². The van der Waals surface area contributed by atoms with Crippen molar-refractivity contribution >= 4 is 31.9 Å². The minimum atomic E-state index is 0.233. The maximum Gasteiger partial charge on any atom is 0.120 e. The van der Waals surface area contributed by atoms with E-state index >= 15 is 0 Å². The largest absolute Gasteiger partial charge is 0.497 e. The SMILES string of the molecule is CCC(C)(C)C(Br)c1ccc(OC)cc1Br. The minimum Gasteiger partial charge on any atom is -0.497 e. The van der Waals surface area contributed by atoms with Crippen LogP contribution < -0.4 is 4.74 Å². The molecular weight excluding hydrogens is 332 g/mol. The quantitative estimate of drug-likeness (QED) is 0.667. The minimum absolute atomic E-state index is 0.233. The third kappa shape index (κ3) is 3.01. The zero-order valence-electron chi connectivity index (χ0n) is 10.2. The molecule has 0 amide bonds. The Labute approximate surface area is 115 Å². The van der Waals surface area contributed by atoms with Crippen LogP contribution in [0.25, 0.3) is 0 Å². The van der Waals surface area contributed by atoms with E-state index < -0.39 is 0 Å². The Morgan fingerprint density at radius 3 is 2.44 bits per heavy atom. The number of hydrogen-bond acceptors (Lipinski definition) is 1. The Balaban J connectivity index is 3.05. The highest BCUT2D eigenvalue weighted by Gasteiger charge is 2.28. The van der Waals surface area contributed by atoms with Gasteiger partial charge in [0.1, 0.15) is 5.75 Å². The fourth-order valence-electron chi connectivity index (χ4n) is 1.44. The molecule has 0 aliphatic carbocycles. The predicted molar refractivity (Wildman–Crippen MR) is 76.4 cm³/mol. The topological polar surface area (TPSA) is 9.23 Å². The van der Waals surface area contributed by atoms with Crippen molar-refractivity contribution in [1.82, 2.24) is 0 Å². The molecule has 0 saturated heterocycles. The number of rotatable bonds is 4. The Bertz CT molecular complexity index is 361. The van der Waals surface area contributed by atoms with Crippen LogP contribution in [0.3, 0.4) is 0 Å². The Hall–Kier alpha value is -0.0200. The van der Waals surface area contributed by atoms with Gasteiger partial charge in [-0.05, 0) is 29.5 Å². The van der Waals surface area contributed by atoms with E-state index in [2.05, 4.69) is 58.7 Å². The molecule has 0 saturated carbocycles. The molecule has 90 valence electrons. The van der Waals surface area contributed by atoms with Gasteiger partial charge in [0.2, 0.25) is 0 Å². The summed E-state index contributed by atoms with van der Waals surface area (Å²) in [5.41, 5.74) is 1.50. The first-order valence-corrected chi connectivity index (χ1v) is 7.10. The van der Waals surface area contributed by atoms with Crippen molar-refractivity contribution in [2.45, 2.75) is 32.0 Å². The first kappa shape index (κ1) is 14.0. The van der Waals surface area contributed by atoms with Crippen LogP contribution in [-0.4, -0.2) is 7.11 Å². The Kier molecular flexibility index (Phi) is 4.87. The van der Waals surface area contributed by atoms with Crippen molar-refractivity contribution in [3.05, 3.63) is 28.2 Å². The highest BCUT2D eigenvalue weighted by atomic mass is 79.9. The summed E-state index contributed by atoms with van der Waals surface area (Å²) in [6.07, 6.45) is 1.13. The van der Waals surface area contributed by atoms with Gasteiger partial charge in [-0.25, -0.2) is 0 Å². The molecule has 1 aromatic rings. The van der Waals surface area contributed by atoms with Crippen LogP contribution in [0.5, 0.6) is 5.75 Å². The summed E-state index contributed by atoms with van der Waals surface area (Å²) in [5, 5.41) is 0. The van der Waals surface area contributed by atoms with Crippen molar-refractivity contribution in [1.29, 1.82) is 0 Å². The molecule has 0 bridgehead atoms. The molecule has 0 spiro atoms. The summed E-state index contributed by atoms with van der Waals surface area (Å²) in [7, 11) is 1.68. The molecule has 16 heavy (non-hydrogen) atoms. The molecule has 0 aromatic heterocycles. The number of benzene rings is 1. The van der Waals surface area contributed by atoms with Crippen LogP contribution in [0.1, 0.15) is 37.6 Å². The van der Waals surface area contributed by atoms with Gasteiger partial charge in [-0.15, -0.1) is 0 Å². The second-order valence-corrected chi connectivity index (χ2v) is 6.36. The van der Waals surface area contributed by atoms with Crippen molar-refractivity contribution in [2.75, 3.05) is 7.11 Å². The molecule has 1 atom stereocenters. The number of ether oxygens (including phenoxy) is 1. The van der Waals surface area contributed by atoms with Gasteiger partial charge in [0, 0.05) is 9.30 Å². The average molecular weight is 350 g/mol. The molecule has 0 radical (unpaired) electrons. The number of halogens is 2. The standard InChI is InChI=1S/C13H18Br2O/c1-5-13(2,3)12(15)10-7-6-9(16-4)8-11(10)14/h6-8,12H,5H2,1-4H3. The van der Waals surface area contributed by atoms with E-state index in [9.17, 15) is 0 Å². The summed E-state index contributed by atoms with van der Waals surface area (Å²) < 4.78 is 6.29. The normalized spacial score (nSPS) is 13.6. The Morgan fingerprint density at radius 1 is 1.38 bits per heavy atom. The molecule has 0 N–H and O–H groups in total. The van der Waals surface area contributed by atoms with Crippen molar-refractivity contribution in [2.24, 2.45) is 5.41 Å². The van der Waals surface area contributed by atoms with E-state index in [1.807, 2.05) is 12.1 Å². The summed E-state index contributed by atoms with van der Waals surface area (Å²) in [4.78, 5) is 0.338. The van der Waals surface area contributed by atoms with E-state index in [4.69, 9.17) is 4.74 Å². The van der Waals surface area contributed by atoms with Gasteiger partial charge in [-0.2, -0.15) is 0 Å². The maximum atomic E-state index is 5.20. The summed E-state index contributed by atoms with van der Waals surface area (Å²) in [6.45, 7) is 6.75. The van der Waals surface area contributed by atoms with E-state index in [1.165, 1.54) is 5.56 Å². The molecule has 1 nitrogen and oxygen atoms in total. The average Bonchev–Trinajstić information content (AvgIpc) is 2.28. The molecule has 3 heteroatoms. The lowest BCUT2D eigenvalue weighted by atomic mass is 9.83. The molecular formula is C13H18Br2O. The van der Waals surface area contributed by atoms with E-state index in [0.717, 1.165) is 16.6 Å². The van der Waals surface area contributed by atoms with Gasteiger partial charge in [-0.1, -0.05) is 58.7 Å². The highest BCUT2D eigenvalue weighted by molar-refractivity contribution is 9.11. The van der Waals surface area contributed by atoms with Crippen LogP contribution in [-0.2, 0) is 0 Å². The van der Waals surface area contributed by atoms with Gasteiger partial charge < -0.3 is 4.74 Å². The molecule has 1 unspecified atom stereocenters. The van der Waals surface area contributed by atoms with Gasteiger partial charge in [0.05, 0.1) is 7.11 Å². The monoisotopic (exact) mass is 348 g/mol. The highest BCUT2D eigenvalue weighted by Crippen LogP contribution is 2.45. The van der Waals surface area contributed by atoms with E-state index in [0.29, 0.717) is 4.83 Å². The zero-order valence-corrected chi connectivity index (χ0v) is 13.4. The molecule has 0 aliphatic heterocycles. The number of alkyl halides is 1. The second-order valence-electron chi connectivity index (χ2n) is 4.59. The van der Waals surface area contributed by atoms with E-state index in [-0.39, 0.29) is 5.41 Å². The summed E-state index contributed by atoms with van der Waals surface area (Å²) >= 11 is 7.39. The van der Waals surface area contributed by atoms with Crippen LogP contribution in [0.4, 0.5) is 0 Å². The second kappa shape index (κ2) is 5.54. The lowest BCUT2D eigenvalue weighted by Gasteiger charge is -2.30. The molecule has 1 rings (SSSR count). The lowest BCUT2D eigenvalue weighted by molar-refractivity contribution is 0.345. The molecule has 0 fully saturated rings. The van der Waals surface area contributed by atoms with Crippen LogP contribution in [0.2, 0.25) is 0 Å². The van der Waals surface area contributed by atoms with E-state index in [1.54, 1.807) is 7.11 Å². The summed E-state index contributed by atoms with van der Waals surface area (Å²) in [5.74, 6) is 0.879. The smallest absolute Gasteiger partial charge is 0.120 e. The third-order valence-corrected chi connectivity index (χ3v) is 5.50. The lowest BCUT2D eigenvalue weighted by Crippen LogP contribution is -2.16. The Morgan fingerprint density at radius 2 is 2.00 bits per heavy atom. The van der Waals surface area contributed by atoms with Gasteiger partial charge >= 0.3 is 0 Å². The predicted octanol–water partition coefficient (Wildman–Crippen LogP) is 5.33. The van der Waals surface area contributed by atoms with Gasteiger partial charge in [0.15, 0.2) is 0 Å².